The highest BCUT2D eigenvalue weighted by Gasteiger charge is 2.16. The van der Waals surface area contributed by atoms with E-state index < -0.39 is 0 Å². The molecule has 7 nitrogen and oxygen atoms in total. The van der Waals surface area contributed by atoms with Crippen LogP contribution in [-0.4, -0.2) is 35.5 Å². The summed E-state index contributed by atoms with van der Waals surface area (Å²) in [6.45, 7) is 4.00. The predicted molar refractivity (Wildman–Crippen MR) is 82.5 cm³/mol. The van der Waals surface area contributed by atoms with Gasteiger partial charge in [0.1, 0.15) is 11.5 Å². The number of hydrogen-bond acceptors (Lipinski definition) is 5. The number of rotatable bonds is 7. The summed E-state index contributed by atoms with van der Waals surface area (Å²) in [4.78, 5) is 25.3. The van der Waals surface area contributed by atoms with E-state index in [0.29, 0.717) is 25.1 Å². The van der Waals surface area contributed by atoms with Crippen molar-refractivity contribution in [3.63, 3.8) is 0 Å². The number of nitrogens with one attached hydrogen (secondary N) is 1. The van der Waals surface area contributed by atoms with Crippen molar-refractivity contribution in [3.8, 4) is 0 Å². The summed E-state index contributed by atoms with van der Waals surface area (Å²) < 4.78 is 10.2. The van der Waals surface area contributed by atoms with Gasteiger partial charge in [0.2, 0.25) is 11.8 Å². The van der Waals surface area contributed by atoms with Gasteiger partial charge in [0, 0.05) is 19.0 Å². The SMILES string of the molecule is Cc1noc(C)c1CCC(=O)N(C)CC(=O)NCc1ccco1. The Bertz CT molecular complexity index is 641. The molecule has 0 aliphatic carbocycles. The molecule has 2 rings (SSSR count). The van der Waals surface area contributed by atoms with Crippen LogP contribution in [0.15, 0.2) is 27.3 Å². The summed E-state index contributed by atoms with van der Waals surface area (Å²) in [5, 5.41) is 6.57. The van der Waals surface area contributed by atoms with Gasteiger partial charge in [-0.1, -0.05) is 5.16 Å². The number of furan rings is 1. The molecule has 0 saturated carbocycles. The average Bonchev–Trinajstić information content (AvgIpc) is 3.14. The maximum Gasteiger partial charge on any atom is 0.239 e. The Morgan fingerprint density at radius 3 is 2.74 bits per heavy atom. The molecule has 0 atom stereocenters. The lowest BCUT2D eigenvalue weighted by atomic mass is 10.1. The van der Waals surface area contributed by atoms with Crippen molar-refractivity contribution in [2.24, 2.45) is 0 Å². The van der Waals surface area contributed by atoms with Crippen LogP contribution in [0.5, 0.6) is 0 Å². The molecular weight excluding hydrogens is 298 g/mol. The monoisotopic (exact) mass is 319 g/mol. The zero-order valence-corrected chi connectivity index (χ0v) is 13.6. The summed E-state index contributed by atoms with van der Waals surface area (Å²) >= 11 is 0. The fourth-order valence-electron chi connectivity index (χ4n) is 2.24. The molecule has 0 fully saturated rings. The molecule has 7 heteroatoms. The van der Waals surface area contributed by atoms with Crippen molar-refractivity contribution in [1.29, 1.82) is 0 Å². The number of amides is 2. The Hall–Kier alpha value is -2.57. The zero-order chi connectivity index (χ0) is 16.8. The quantitative estimate of drug-likeness (QED) is 0.837. The number of carbonyl (C=O) groups excluding carboxylic acids is 2. The first-order valence-electron chi connectivity index (χ1n) is 7.42. The van der Waals surface area contributed by atoms with Crippen LogP contribution in [-0.2, 0) is 22.6 Å². The van der Waals surface area contributed by atoms with E-state index in [9.17, 15) is 9.59 Å². The van der Waals surface area contributed by atoms with Crippen LogP contribution >= 0.6 is 0 Å². The third kappa shape index (κ3) is 4.70. The van der Waals surface area contributed by atoms with Gasteiger partial charge in [-0.2, -0.15) is 0 Å². The minimum Gasteiger partial charge on any atom is -0.467 e. The minimum absolute atomic E-state index is 0.0150. The lowest BCUT2D eigenvalue weighted by Crippen LogP contribution is -2.38. The van der Waals surface area contributed by atoms with E-state index >= 15 is 0 Å². The lowest BCUT2D eigenvalue weighted by molar-refractivity contribution is -0.134. The number of hydrogen-bond donors (Lipinski definition) is 1. The second-order valence-electron chi connectivity index (χ2n) is 5.41. The molecule has 124 valence electrons. The maximum absolute atomic E-state index is 12.1. The predicted octanol–water partition coefficient (Wildman–Crippen LogP) is 1.59. The van der Waals surface area contributed by atoms with Gasteiger partial charge in [-0.05, 0) is 32.4 Å². The third-order valence-corrected chi connectivity index (χ3v) is 3.62. The molecule has 0 radical (unpaired) electrons. The minimum atomic E-state index is -0.227. The number of aromatic nitrogens is 1. The molecule has 0 spiro atoms. The van der Waals surface area contributed by atoms with Crippen molar-refractivity contribution in [3.05, 3.63) is 41.2 Å². The summed E-state index contributed by atoms with van der Waals surface area (Å²) in [7, 11) is 1.61. The molecule has 0 aromatic carbocycles. The molecule has 0 aliphatic heterocycles. The molecule has 0 unspecified atom stereocenters. The molecule has 1 N–H and O–H groups in total. The number of likely N-dealkylation sites (N-methyl/N-ethyl adjacent to an activating group) is 1. The normalized spacial score (nSPS) is 10.6. The maximum atomic E-state index is 12.1. The van der Waals surface area contributed by atoms with Gasteiger partial charge in [-0.15, -0.1) is 0 Å². The highest BCUT2D eigenvalue weighted by atomic mass is 16.5. The largest absolute Gasteiger partial charge is 0.467 e. The third-order valence-electron chi connectivity index (χ3n) is 3.62. The van der Waals surface area contributed by atoms with Crippen molar-refractivity contribution < 1.29 is 18.5 Å². The van der Waals surface area contributed by atoms with Crippen LogP contribution in [0.4, 0.5) is 0 Å². The topological polar surface area (TPSA) is 88.6 Å². The molecule has 2 aromatic heterocycles. The summed E-state index contributed by atoms with van der Waals surface area (Å²) in [5.41, 5.74) is 1.75. The average molecular weight is 319 g/mol. The van der Waals surface area contributed by atoms with Gasteiger partial charge in [0.25, 0.3) is 0 Å². The first-order valence-corrected chi connectivity index (χ1v) is 7.42. The summed E-state index contributed by atoms with van der Waals surface area (Å²) in [5.74, 6) is 1.08. The molecule has 2 heterocycles. The van der Waals surface area contributed by atoms with Crippen molar-refractivity contribution >= 4 is 11.8 Å². The lowest BCUT2D eigenvalue weighted by Gasteiger charge is -2.16. The van der Waals surface area contributed by atoms with Crippen molar-refractivity contribution in [1.82, 2.24) is 15.4 Å². The highest BCUT2D eigenvalue weighted by molar-refractivity contribution is 5.84. The molecular formula is C16H21N3O4. The van der Waals surface area contributed by atoms with Gasteiger partial charge in [0.05, 0.1) is 25.0 Å². The van der Waals surface area contributed by atoms with Crippen LogP contribution < -0.4 is 5.32 Å². The van der Waals surface area contributed by atoms with E-state index in [2.05, 4.69) is 10.5 Å². The van der Waals surface area contributed by atoms with Crippen LogP contribution in [0.2, 0.25) is 0 Å². The Labute approximate surface area is 134 Å². The van der Waals surface area contributed by atoms with E-state index in [4.69, 9.17) is 8.94 Å². The van der Waals surface area contributed by atoms with Gasteiger partial charge in [-0.3, -0.25) is 9.59 Å². The number of carbonyl (C=O) groups is 2. The second-order valence-corrected chi connectivity index (χ2v) is 5.41. The highest BCUT2D eigenvalue weighted by Crippen LogP contribution is 2.14. The van der Waals surface area contributed by atoms with E-state index in [1.165, 1.54) is 4.90 Å². The van der Waals surface area contributed by atoms with E-state index in [1.807, 2.05) is 13.8 Å². The first kappa shape index (κ1) is 16.8. The fourth-order valence-corrected chi connectivity index (χ4v) is 2.24. The summed E-state index contributed by atoms with van der Waals surface area (Å²) in [6, 6.07) is 3.53. The smallest absolute Gasteiger partial charge is 0.239 e. The Morgan fingerprint density at radius 1 is 1.35 bits per heavy atom. The second kappa shape index (κ2) is 7.62. The van der Waals surface area contributed by atoms with Gasteiger partial charge >= 0.3 is 0 Å². The molecule has 0 bridgehead atoms. The van der Waals surface area contributed by atoms with E-state index in [0.717, 1.165) is 17.0 Å². The Kier molecular flexibility index (Phi) is 5.56. The van der Waals surface area contributed by atoms with Crippen LogP contribution in [0.1, 0.15) is 29.2 Å². The Balaban J connectivity index is 1.75. The summed E-state index contributed by atoms with van der Waals surface area (Å²) in [6.07, 6.45) is 2.41. The van der Waals surface area contributed by atoms with Crippen LogP contribution in [0.3, 0.4) is 0 Å². The Morgan fingerprint density at radius 2 is 2.13 bits per heavy atom. The van der Waals surface area contributed by atoms with Crippen LogP contribution in [0, 0.1) is 13.8 Å². The van der Waals surface area contributed by atoms with Crippen molar-refractivity contribution in [2.45, 2.75) is 33.2 Å². The van der Waals surface area contributed by atoms with Gasteiger partial charge in [-0.25, -0.2) is 0 Å². The fraction of sp³-hybridized carbons (Fsp3) is 0.438. The molecule has 23 heavy (non-hydrogen) atoms. The van der Waals surface area contributed by atoms with Gasteiger partial charge < -0.3 is 19.2 Å². The first-order chi connectivity index (χ1) is 11.0. The molecule has 2 amide bonds. The standard InChI is InChI=1S/C16H21N3O4/c1-11-14(12(2)23-18-11)6-7-16(21)19(3)10-15(20)17-9-13-5-4-8-22-13/h4-5,8H,6-7,9-10H2,1-3H3,(H,17,20). The molecule has 2 aromatic rings. The van der Waals surface area contributed by atoms with E-state index in [1.54, 1.807) is 25.4 Å². The van der Waals surface area contributed by atoms with E-state index in [-0.39, 0.29) is 18.4 Å². The number of nitrogens with zero attached hydrogens (tertiary/aromatic N) is 2. The van der Waals surface area contributed by atoms with Crippen LogP contribution in [0.25, 0.3) is 0 Å². The number of aryl methyl sites for hydroxylation is 2. The molecule has 0 aliphatic rings. The zero-order valence-electron chi connectivity index (χ0n) is 13.6. The molecule has 0 saturated heterocycles. The van der Waals surface area contributed by atoms with Crippen molar-refractivity contribution in [2.75, 3.05) is 13.6 Å². The van der Waals surface area contributed by atoms with Gasteiger partial charge in [0.15, 0.2) is 0 Å².